The molecule has 0 amide bonds. The van der Waals surface area contributed by atoms with E-state index in [1.165, 1.54) is 24.0 Å². The lowest BCUT2D eigenvalue weighted by Crippen LogP contribution is -2.44. The average molecular weight is 190 g/mol. The van der Waals surface area contributed by atoms with Gasteiger partial charge in [0.15, 0.2) is 0 Å². The molecule has 0 aromatic heterocycles. The van der Waals surface area contributed by atoms with E-state index in [2.05, 4.69) is 24.3 Å². The monoisotopic (exact) mass is 190 g/mol. The van der Waals surface area contributed by atoms with Gasteiger partial charge in [-0.05, 0) is 30.4 Å². The largest absolute Gasteiger partial charge is 0.330 e. The third-order valence-electron chi connectivity index (χ3n) is 3.47. The number of nitrogens with two attached hydrogens (primary N) is 2. The zero-order valence-corrected chi connectivity index (χ0v) is 8.50. The Morgan fingerprint density at radius 3 is 2.57 bits per heavy atom. The number of rotatable bonds is 2. The highest BCUT2D eigenvalue weighted by atomic mass is 14.7. The van der Waals surface area contributed by atoms with Gasteiger partial charge in [-0.3, -0.25) is 0 Å². The lowest BCUT2D eigenvalue weighted by atomic mass is 9.70. The third-order valence-corrected chi connectivity index (χ3v) is 3.47. The maximum atomic E-state index is 5.88. The molecular formula is C12H18N2. The third kappa shape index (κ3) is 1.35. The van der Waals surface area contributed by atoms with Crippen molar-refractivity contribution in [1.29, 1.82) is 0 Å². The van der Waals surface area contributed by atoms with Gasteiger partial charge in [-0.2, -0.15) is 0 Å². The maximum Gasteiger partial charge on any atom is 0.0201 e. The normalized spacial score (nSPS) is 19.0. The highest BCUT2D eigenvalue weighted by Crippen LogP contribution is 2.35. The van der Waals surface area contributed by atoms with E-state index in [0.717, 1.165) is 6.42 Å². The summed E-state index contributed by atoms with van der Waals surface area (Å²) < 4.78 is 0. The molecule has 0 atom stereocenters. The zero-order valence-electron chi connectivity index (χ0n) is 8.50. The topological polar surface area (TPSA) is 52.0 Å². The second-order valence-corrected chi connectivity index (χ2v) is 4.20. The van der Waals surface area contributed by atoms with Gasteiger partial charge in [-0.1, -0.05) is 24.3 Å². The lowest BCUT2D eigenvalue weighted by Gasteiger charge is -2.37. The van der Waals surface area contributed by atoms with Crippen molar-refractivity contribution in [3.8, 4) is 0 Å². The van der Waals surface area contributed by atoms with Gasteiger partial charge in [-0.25, -0.2) is 0 Å². The predicted octanol–water partition coefficient (Wildman–Crippen LogP) is 1.18. The van der Waals surface area contributed by atoms with Crippen LogP contribution in [0.3, 0.4) is 0 Å². The summed E-state index contributed by atoms with van der Waals surface area (Å²) in [5.74, 6) is 0. The standard InChI is InChI=1S/C12H18N2/c13-8-12(9-14)7-3-5-10-4-1-2-6-11(10)12/h1-2,4,6H,3,5,7-9,13-14H2. The van der Waals surface area contributed by atoms with Crippen LogP contribution in [0.2, 0.25) is 0 Å². The first kappa shape index (κ1) is 9.69. The van der Waals surface area contributed by atoms with Crippen LogP contribution in [0.15, 0.2) is 24.3 Å². The van der Waals surface area contributed by atoms with E-state index < -0.39 is 0 Å². The van der Waals surface area contributed by atoms with E-state index in [-0.39, 0.29) is 5.41 Å². The van der Waals surface area contributed by atoms with Crippen molar-refractivity contribution in [3.05, 3.63) is 35.4 Å². The summed E-state index contributed by atoms with van der Waals surface area (Å²) >= 11 is 0. The van der Waals surface area contributed by atoms with Gasteiger partial charge in [0.25, 0.3) is 0 Å². The number of aryl methyl sites for hydroxylation is 1. The molecule has 0 spiro atoms. The Labute approximate surface area is 85.3 Å². The Hall–Kier alpha value is -0.860. The predicted molar refractivity (Wildman–Crippen MR) is 59.2 cm³/mol. The second-order valence-electron chi connectivity index (χ2n) is 4.20. The molecule has 14 heavy (non-hydrogen) atoms. The number of fused-ring (bicyclic) bond motifs is 1. The van der Waals surface area contributed by atoms with Crippen molar-refractivity contribution < 1.29 is 0 Å². The minimum absolute atomic E-state index is 0.0504. The number of hydrogen-bond donors (Lipinski definition) is 2. The maximum absolute atomic E-state index is 5.88. The van der Waals surface area contributed by atoms with Crippen molar-refractivity contribution in [2.45, 2.75) is 24.7 Å². The SMILES string of the molecule is NCC1(CN)CCCc2ccccc21. The number of hydrogen-bond acceptors (Lipinski definition) is 2. The van der Waals surface area contributed by atoms with E-state index >= 15 is 0 Å². The molecule has 2 rings (SSSR count). The van der Waals surface area contributed by atoms with Gasteiger partial charge >= 0.3 is 0 Å². The van der Waals surface area contributed by atoms with Gasteiger partial charge in [0, 0.05) is 18.5 Å². The van der Waals surface area contributed by atoms with Gasteiger partial charge in [0.05, 0.1) is 0 Å². The fraction of sp³-hybridized carbons (Fsp3) is 0.500. The highest BCUT2D eigenvalue weighted by Gasteiger charge is 2.33. The van der Waals surface area contributed by atoms with Gasteiger partial charge in [0.2, 0.25) is 0 Å². The molecule has 0 bridgehead atoms. The first-order chi connectivity index (χ1) is 6.82. The van der Waals surface area contributed by atoms with Gasteiger partial charge in [0.1, 0.15) is 0 Å². The van der Waals surface area contributed by atoms with E-state index in [1.54, 1.807) is 0 Å². The fourth-order valence-corrected chi connectivity index (χ4v) is 2.51. The molecule has 0 unspecified atom stereocenters. The van der Waals surface area contributed by atoms with Crippen molar-refractivity contribution >= 4 is 0 Å². The second kappa shape index (κ2) is 3.71. The summed E-state index contributed by atoms with van der Waals surface area (Å²) in [6, 6.07) is 8.58. The molecule has 2 heteroatoms. The Bertz CT molecular complexity index is 316. The summed E-state index contributed by atoms with van der Waals surface area (Å²) in [4.78, 5) is 0. The summed E-state index contributed by atoms with van der Waals surface area (Å²) in [5.41, 5.74) is 14.6. The molecule has 76 valence electrons. The summed E-state index contributed by atoms with van der Waals surface area (Å²) in [6.45, 7) is 1.33. The van der Waals surface area contributed by atoms with Crippen LogP contribution in [0.5, 0.6) is 0 Å². The van der Waals surface area contributed by atoms with Crippen LogP contribution < -0.4 is 11.5 Å². The van der Waals surface area contributed by atoms with Crippen molar-refractivity contribution in [2.24, 2.45) is 11.5 Å². The first-order valence-corrected chi connectivity index (χ1v) is 5.31. The van der Waals surface area contributed by atoms with Crippen molar-refractivity contribution in [1.82, 2.24) is 0 Å². The van der Waals surface area contributed by atoms with Crippen LogP contribution in [0.4, 0.5) is 0 Å². The van der Waals surface area contributed by atoms with E-state index in [1.807, 2.05) is 0 Å². The molecule has 2 nitrogen and oxygen atoms in total. The summed E-state index contributed by atoms with van der Waals surface area (Å²) in [6.07, 6.45) is 3.53. The fourth-order valence-electron chi connectivity index (χ4n) is 2.51. The van der Waals surface area contributed by atoms with Crippen LogP contribution in [0.25, 0.3) is 0 Å². The molecule has 0 saturated carbocycles. The minimum atomic E-state index is 0.0504. The molecule has 0 radical (unpaired) electrons. The Kier molecular flexibility index (Phi) is 2.57. The molecule has 1 aliphatic rings. The molecule has 1 aliphatic carbocycles. The first-order valence-electron chi connectivity index (χ1n) is 5.31. The van der Waals surface area contributed by atoms with Gasteiger partial charge < -0.3 is 11.5 Å². The van der Waals surface area contributed by atoms with Crippen molar-refractivity contribution in [2.75, 3.05) is 13.1 Å². The number of benzene rings is 1. The Balaban J connectivity index is 2.48. The lowest BCUT2D eigenvalue weighted by molar-refractivity contribution is 0.378. The Morgan fingerprint density at radius 2 is 1.86 bits per heavy atom. The van der Waals surface area contributed by atoms with Crippen LogP contribution >= 0.6 is 0 Å². The minimum Gasteiger partial charge on any atom is -0.330 e. The molecule has 0 heterocycles. The molecule has 0 saturated heterocycles. The molecule has 1 aromatic carbocycles. The van der Waals surface area contributed by atoms with Crippen LogP contribution in [-0.4, -0.2) is 13.1 Å². The van der Waals surface area contributed by atoms with Crippen molar-refractivity contribution in [3.63, 3.8) is 0 Å². The van der Waals surface area contributed by atoms with Crippen LogP contribution in [0, 0.1) is 0 Å². The molecule has 0 fully saturated rings. The Morgan fingerprint density at radius 1 is 1.14 bits per heavy atom. The molecule has 0 aliphatic heterocycles. The average Bonchev–Trinajstić information content (AvgIpc) is 2.28. The highest BCUT2D eigenvalue weighted by molar-refractivity contribution is 5.37. The van der Waals surface area contributed by atoms with E-state index in [0.29, 0.717) is 13.1 Å². The zero-order chi connectivity index (χ0) is 10.0. The van der Waals surface area contributed by atoms with Crippen LogP contribution in [0.1, 0.15) is 24.0 Å². The molecular weight excluding hydrogens is 172 g/mol. The smallest absolute Gasteiger partial charge is 0.0201 e. The quantitative estimate of drug-likeness (QED) is 0.735. The van der Waals surface area contributed by atoms with Gasteiger partial charge in [-0.15, -0.1) is 0 Å². The van der Waals surface area contributed by atoms with E-state index in [4.69, 9.17) is 11.5 Å². The van der Waals surface area contributed by atoms with Crippen LogP contribution in [-0.2, 0) is 11.8 Å². The van der Waals surface area contributed by atoms with E-state index in [9.17, 15) is 0 Å². The summed E-state index contributed by atoms with van der Waals surface area (Å²) in [5, 5.41) is 0. The summed E-state index contributed by atoms with van der Waals surface area (Å²) in [7, 11) is 0. The molecule has 1 aromatic rings. The molecule has 4 N–H and O–H groups in total.